The SMILES string of the molecule is CC(=O)NC(CC(=O)NC1CC(N(CC(=O)O)CC2CC2)C1)c1ccccc1. The van der Waals surface area contributed by atoms with Gasteiger partial charge in [0.25, 0.3) is 0 Å². The molecule has 0 radical (unpaired) electrons. The summed E-state index contributed by atoms with van der Waals surface area (Å²) >= 11 is 0. The summed E-state index contributed by atoms with van der Waals surface area (Å²) in [5, 5.41) is 15.0. The Balaban J connectivity index is 1.48. The van der Waals surface area contributed by atoms with E-state index in [9.17, 15) is 14.4 Å². The summed E-state index contributed by atoms with van der Waals surface area (Å²) in [6, 6.07) is 9.40. The van der Waals surface area contributed by atoms with Gasteiger partial charge in [-0.25, -0.2) is 0 Å². The average Bonchev–Trinajstić information content (AvgIpc) is 3.40. The molecule has 0 spiro atoms. The molecule has 1 atom stereocenters. The molecule has 0 heterocycles. The van der Waals surface area contributed by atoms with Gasteiger partial charge < -0.3 is 15.7 Å². The smallest absolute Gasteiger partial charge is 0.317 e. The van der Waals surface area contributed by atoms with E-state index in [1.165, 1.54) is 19.8 Å². The van der Waals surface area contributed by atoms with Crippen LogP contribution >= 0.6 is 0 Å². The Morgan fingerprint density at radius 3 is 2.43 bits per heavy atom. The zero-order valence-electron chi connectivity index (χ0n) is 16.3. The van der Waals surface area contributed by atoms with Crippen LogP contribution in [0.25, 0.3) is 0 Å². The molecule has 3 N–H and O–H groups in total. The second kappa shape index (κ2) is 9.19. The van der Waals surface area contributed by atoms with E-state index in [1.807, 2.05) is 35.2 Å². The monoisotopic (exact) mass is 387 g/mol. The van der Waals surface area contributed by atoms with Crippen molar-refractivity contribution in [2.75, 3.05) is 13.1 Å². The van der Waals surface area contributed by atoms with Crippen LogP contribution in [0.5, 0.6) is 0 Å². The molecule has 0 bridgehead atoms. The summed E-state index contributed by atoms with van der Waals surface area (Å²) in [6.45, 7) is 2.36. The lowest BCUT2D eigenvalue weighted by molar-refractivity contribution is -0.140. The first kappa shape index (κ1) is 20.3. The van der Waals surface area contributed by atoms with E-state index in [-0.39, 0.29) is 42.9 Å². The highest BCUT2D eigenvalue weighted by atomic mass is 16.4. The van der Waals surface area contributed by atoms with Crippen LogP contribution in [0.15, 0.2) is 30.3 Å². The molecule has 0 saturated heterocycles. The number of amides is 2. The van der Waals surface area contributed by atoms with Gasteiger partial charge in [-0.2, -0.15) is 0 Å². The normalized spacial score (nSPS) is 22.2. The van der Waals surface area contributed by atoms with Gasteiger partial charge in [-0.15, -0.1) is 0 Å². The molecule has 2 aliphatic rings. The van der Waals surface area contributed by atoms with Crippen LogP contribution in [0, 0.1) is 5.92 Å². The molecule has 3 rings (SSSR count). The Bertz CT molecular complexity index is 699. The van der Waals surface area contributed by atoms with Gasteiger partial charge in [0, 0.05) is 25.6 Å². The van der Waals surface area contributed by atoms with Gasteiger partial charge in [0.05, 0.1) is 19.0 Å². The van der Waals surface area contributed by atoms with Crippen molar-refractivity contribution in [3.05, 3.63) is 35.9 Å². The average molecular weight is 387 g/mol. The molecule has 1 unspecified atom stereocenters. The van der Waals surface area contributed by atoms with Crippen molar-refractivity contribution in [3.63, 3.8) is 0 Å². The molecule has 2 amide bonds. The van der Waals surface area contributed by atoms with Crippen LogP contribution in [0.1, 0.15) is 50.6 Å². The van der Waals surface area contributed by atoms with Gasteiger partial charge in [0.2, 0.25) is 11.8 Å². The van der Waals surface area contributed by atoms with Crippen molar-refractivity contribution in [2.45, 2.75) is 57.2 Å². The first-order valence-corrected chi connectivity index (χ1v) is 9.98. The van der Waals surface area contributed by atoms with Crippen molar-refractivity contribution in [2.24, 2.45) is 5.92 Å². The second-order valence-electron chi connectivity index (χ2n) is 8.02. The summed E-state index contributed by atoms with van der Waals surface area (Å²) in [7, 11) is 0. The molecule has 1 aromatic rings. The van der Waals surface area contributed by atoms with Crippen LogP contribution in [0.2, 0.25) is 0 Å². The largest absolute Gasteiger partial charge is 0.480 e. The van der Waals surface area contributed by atoms with Gasteiger partial charge in [-0.3, -0.25) is 19.3 Å². The second-order valence-corrected chi connectivity index (χ2v) is 8.02. The molecule has 2 fully saturated rings. The number of nitrogens with zero attached hydrogens (tertiary/aromatic N) is 1. The fourth-order valence-corrected chi connectivity index (χ4v) is 3.81. The van der Waals surface area contributed by atoms with Crippen molar-refractivity contribution >= 4 is 17.8 Å². The lowest BCUT2D eigenvalue weighted by Gasteiger charge is -2.42. The lowest BCUT2D eigenvalue weighted by atomic mass is 9.85. The molecule has 152 valence electrons. The van der Waals surface area contributed by atoms with E-state index in [0.717, 1.165) is 24.9 Å². The topological polar surface area (TPSA) is 98.7 Å². The fraction of sp³-hybridized carbons (Fsp3) is 0.571. The lowest BCUT2D eigenvalue weighted by Crippen LogP contribution is -2.55. The third-order valence-corrected chi connectivity index (χ3v) is 5.49. The Labute approximate surface area is 165 Å². The molecular weight excluding hydrogens is 358 g/mol. The quantitative estimate of drug-likeness (QED) is 0.568. The van der Waals surface area contributed by atoms with Crippen LogP contribution in [-0.2, 0) is 14.4 Å². The van der Waals surface area contributed by atoms with Crippen LogP contribution in [-0.4, -0.2) is 53.0 Å². The predicted octanol–water partition coefficient (Wildman–Crippen LogP) is 1.70. The summed E-state index contributed by atoms with van der Waals surface area (Å²) in [5.41, 5.74) is 0.899. The summed E-state index contributed by atoms with van der Waals surface area (Å²) in [5.74, 6) is -0.431. The van der Waals surface area contributed by atoms with Gasteiger partial charge in [0.15, 0.2) is 0 Å². The molecular formula is C21H29N3O4. The summed E-state index contributed by atoms with van der Waals surface area (Å²) in [4.78, 5) is 37.1. The highest BCUT2D eigenvalue weighted by molar-refractivity contribution is 5.79. The van der Waals surface area contributed by atoms with E-state index >= 15 is 0 Å². The third-order valence-electron chi connectivity index (χ3n) is 5.49. The van der Waals surface area contributed by atoms with Crippen molar-refractivity contribution < 1.29 is 19.5 Å². The summed E-state index contributed by atoms with van der Waals surface area (Å²) in [6.07, 6.45) is 4.12. The molecule has 2 saturated carbocycles. The molecule has 2 aliphatic carbocycles. The molecule has 0 aromatic heterocycles. The number of aliphatic carboxylic acids is 1. The molecule has 28 heavy (non-hydrogen) atoms. The van der Waals surface area contributed by atoms with E-state index in [0.29, 0.717) is 5.92 Å². The number of carboxylic acids is 1. The van der Waals surface area contributed by atoms with Gasteiger partial charge >= 0.3 is 5.97 Å². The van der Waals surface area contributed by atoms with Crippen molar-refractivity contribution in [1.29, 1.82) is 0 Å². The number of hydrogen-bond acceptors (Lipinski definition) is 4. The van der Waals surface area contributed by atoms with Crippen LogP contribution in [0.4, 0.5) is 0 Å². The van der Waals surface area contributed by atoms with Gasteiger partial charge in [0.1, 0.15) is 0 Å². The number of benzene rings is 1. The predicted molar refractivity (Wildman–Crippen MR) is 105 cm³/mol. The number of carbonyl (C=O) groups is 3. The number of carbonyl (C=O) groups excluding carboxylic acids is 2. The number of nitrogens with one attached hydrogen (secondary N) is 2. The maximum absolute atomic E-state index is 12.5. The van der Waals surface area contributed by atoms with E-state index in [2.05, 4.69) is 10.6 Å². The maximum atomic E-state index is 12.5. The van der Waals surface area contributed by atoms with E-state index in [1.54, 1.807) is 0 Å². The molecule has 0 aliphatic heterocycles. The minimum absolute atomic E-state index is 0.0699. The number of hydrogen-bond donors (Lipinski definition) is 3. The molecule has 7 heteroatoms. The van der Waals surface area contributed by atoms with Crippen LogP contribution in [0.3, 0.4) is 0 Å². The minimum Gasteiger partial charge on any atom is -0.480 e. The maximum Gasteiger partial charge on any atom is 0.317 e. The summed E-state index contributed by atoms with van der Waals surface area (Å²) < 4.78 is 0. The zero-order chi connectivity index (χ0) is 20.1. The van der Waals surface area contributed by atoms with E-state index in [4.69, 9.17) is 5.11 Å². The van der Waals surface area contributed by atoms with Crippen molar-refractivity contribution in [1.82, 2.24) is 15.5 Å². The first-order valence-electron chi connectivity index (χ1n) is 9.98. The Morgan fingerprint density at radius 1 is 1.18 bits per heavy atom. The minimum atomic E-state index is -0.797. The highest BCUT2D eigenvalue weighted by Gasteiger charge is 2.37. The number of rotatable bonds is 10. The van der Waals surface area contributed by atoms with Gasteiger partial charge in [-0.05, 0) is 37.2 Å². The molecule has 1 aromatic carbocycles. The third kappa shape index (κ3) is 6.05. The number of carboxylic acid groups (broad SMARTS) is 1. The Kier molecular flexibility index (Phi) is 6.67. The standard InChI is InChI=1S/C21H29N3O4/c1-14(25)22-19(16-5-3-2-4-6-16)11-20(26)23-17-9-18(10-17)24(13-21(27)28)12-15-7-8-15/h2-6,15,17-19H,7-13H2,1H3,(H,22,25)(H,23,26)(H,27,28). The first-order chi connectivity index (χ1) is 13.4. The Morgan fingerprint density at radius 2 is 1.86 bits per heavy atom. The Hall–Kier alpha value is -2.41. The molecule has 7 nitrogen and oxygen atoms in total. The van der Waals surface area contributed by atoms with Crippen LogP contribution < -0.4 is 10.6 Å². The van der Waals surface area contributed by atoms with Gasteiger partial charge in [-0.1, -0.05) is 30.3 Å². The van der Waals surface area contributed by atoms with Crippen molar-refractivity contribution in [3.8, 4) is 0 Å². The van der Waals surface area contributed by atoms with E-state index < -0.39 is 5.97 Å². The fourth-order valence-electron chi connectivity index (χ4n) is 3.81. The zero-order valence-corrected chi connectivity index (χ0v) is 16.3. The highest BCUT2D eigenvalue weighted by Crippen LogP contribution is 2.33.